The third-order valence-electron chi connectivity index (χ3n) is 9.53. The van der Waals surface area contributed by atoms with Gasteiger partial charge in [-0.1, -0.05) is 20.8 Å². The minimum Gasteiger partial charge on any atom is -0.469 e. The molecule has 0 unspecified atom stereocenters. The van der Waals surface area contributed by atoms with Crippen molar-refractivity contribution < 1.29 is 19.7 Å². The molecule has 0 bridgehead atoms. The van der Waals surface area contributed by atoms with Gasteiger partial charge in [0, 0.05) is 12.5 Å². The van der Waals surface area contributed by atoms with Gasteiger partial charge >= 0.3 is 5.97 Å². The maximum atomic E-state index is 11.7. The summed E-state index contributed by atoms with van der Waals surface area (Å²) in [6.45, 7) is 6.86. The third kappa shape index (κ3) is 4.59. The molecule has 0 aromatic rings. The third-order valence-corrected chi connectivity index (χ3v) is 9.53. The van der Waals surface area contributed by atoms with Crippen molar-refractivity contribution in [1.29, 1.82) is 0 Å². The number of ether oxygens (including phenoxy) is 1. The number of carbonyl (C=O) groups excluding carboxylic acids is 1. The van der Waals surface area contributed by atoms with Crippen LogP contribution in [0.15, 0.2) is 0 Å². The second-order valence-electron chi connectivity index (χ2n) is 11.0. The molecule has 4 N–H and O–H groups in total. The van der Waals surface area contributed by atoms with Gasteiger partial charge in [0.25, 0.3) is 0 Å². The normalized spacial score (nSPS) is 45.8. The summed E-state index contributed by atoms with van der Waals surface area (Å²) in [7, 11) is 1.45. The van der Waals surface area contributed by atoms with Gasteiger partial charge < -0.3 is 20.7 Å². The van der Waals surface area contributed by atoms with E-state index < -0.39 is 0 Å². The van der Waals surface area contributed by atoms with Crippen molar-refractivity contribution in [3.8, 4) is 0 Å². The molecule has 3 saturated carbocycles. The minimum atomic E-state index is -0.320. The lowest BCUT2D eigenvalue weighted by Gasteiger charge is -2.55. The number of aliphatic hydroxyl groups excluding tert-OH is 2. The van der Waals surface area contributed by atoms with E-state index in [4.69, 9.17) is 10.5 Å². The highest BCUT2D eigenvalue weighted by atomic mass is 16.5. The Morgan fingerprint density at radius 3 is 2.60 bits per heavy atom. The van der Waals surface area contributed by atoms with Crippen LogP contribution < -0.4 is 5.73 Å². The first kappa shape index (κ1) is 24.0. The molecule has 3 aliphatic rings. The summed E-state index contributed by atoms with van der Waals surface area (Å²) in [6, 6.07) is 0.142. The molecule has 0 aromatic carbocycles. The molecular formula is C25H45NO4. The molecule has 3 rings (SSSR count). The summed E-state index contributed by atoms with van der Waals surface area (Å²) in [5.74, 6) is 2.46. The van der Waals surface area contributed by atoms with E-state index in [2.05, 4.69) is 20.8 Å². The van der Waals surface area contributed by atoms with E-state index in [0.29, 0.717) is 41.9 Å². The van der Waals surface area contributed by atoms with Gasteiger partial charge in [-0.15, -0.1) is 0 Å². The maximum absolute atomic E-state index is 11.7. The molecule has 5 heteroatoms. The van der Waals surface area contributed by atoms with Crippen LogP contribution in [0.4, 0.5) is 0 Å². The van der Waals surface area contributed by atoms with Gasteiger partial charge in [0.05, 0.1) is 19.3 Å². The van der Waals surface area contributed by atoms with Gasteiger partial charge in [0.1, 0.15) is 0 Å². The SMILES string of the molecule is COC(=O)CC[C@@H](C)[C@H]1CC[C@H]2[C@H]3[C@H](C[C@H](O)[C@]12C)[C@@H](C)CC[C@@H](O)CCC[C@H]3N. The van der Waals surface area contributed by atoms with E-state index in [1.54, 1.807) is 0 Å². The minimum absolute atomic E-state index is 0.127. The smallest absolute Gasteiger partial charge is 0.305 e. The van der Waals surface area contributed by atoms with Crippen molar-refractivity contribution in [2.24, 2.45) is 46.7 Å². The molecule has 0 saturated heterocycles. The molecule has 0 aliphatic heterocycles. The molecule has 0 radical (unpaired) electrons. The lowest BCUT2D eigenvalue weighted by molar-refractivity contribution is -0.142. The summed E-state index contributed by atoms with van der Waals surface area (Å²) < 4.78 is 4.85. The quantitative estimate of drug-likeness (QED) is 0.597. The number of fused-ring (bicyclic) bond motifs is 3. The van der Waals surface area contributed by atoms with Crippen LogP contribution in [-0.2, 0) is 9.53 Å². The Morgan fingerprint density at radius 1 is 1.17 bits per heavy atom. The van der Waals surface area contributed by atoms with E-state index in [0.717, 1.165) is 57.8 Å². The molecule has 0 spiro atoms. The van der Waals surface area contributed by atoms with Crippen molar-refractivity contribution in [2.45, 2.75) is 103 Å². The first-order chi connectivity index (χ1) is 14.2. The van der Waals surface area contributed by atoms with Gasteiger partial charge in [-0.05, 0) is 98.7 Å². The average molecular weight is 424 g/mol. The molecule has 3 fully saturated rings. The van der Waals surface area contributed by atoms with Gasteiger partial charge in [0.15, 0.2) is 0 Å². The molecule has 0 amide bonds. The Kier molecular flexibility index (Phi) is 7.90. The van der Waals surface area contributed by atoms with Gasteiger partial charge in [0.2, 0.25) is 0 Å². The highest BCUT2D eigenvalue weighted by Gasteiger charge is 2.60. The fourth-order valence-corrected chi connectivity index (χ4v) is 7.69. The number of esters is 1. The largest absolute Gasteiger partial charge is 0.469 e. The van der Waals surface area contributed by atoms with Crippen LogP contribution in [0.3, 0.4) is 0 Å². The van der Waals surface area contributed by atoms with Crippen molar-refractivity contribution in [1.82, 2.24) is 0 Å². The van der Waals surface area contributed by atoms with E-state index in [-0.39, 0.29) is 29.6 Å². The molecule has 30 heavy (non-hydrogen) atoms. The average Bonchev–Trinajstić information content (AvgIpc) is 3.07. The molecule has 0 aromatic heterocycles. The van der Waals surface area contributed by atoms with Gasteiger partial charge in [-0.3, -0.25) is 4.79 Å². The second-order valence-corrected chi connectivity index (χ2v) is 11.0. The number of hydrogen-bond donors (Lipinski definition) is 3. The first-order valence-electron chi connectivity index (χ1n) is 12.4. The molecular weight excluding hydrogens is 378 g/mol. The fraction of sp³-hybridized carbons (Fsp3) is 0.960. The lowest BCUT2D eigenvalue weighted by atomic mass is 9.51. The zero-order valence-electron chi connectivity index (χ0n) is 19.6. The van der Waals surface area contributed by atoms with Crippen molar-refractivity contribution in [2.75, 3.05) is 7.11 Å². The van der Waals surface area contributed by atoms with Gasteiger partial charge in [-0.25, -0.2) is 0 Å². The van der Waals surface area contributed by atoms with Crippen LogP contribution >= 0.6 is 0 Å². The Morgan fingerprint density at radius 2 is 1.90 bits per heavy atom. The van der Waals surface area contributed by atoms with Crippen molar-refractivity contribution in [3.05, 3.63) is 0 Å². The monoisotopic (exact) mass is 423 g/mol. The topological polar surface area (TPSA) is 92.8 Å². The van der Waals surface area contributed by atoms with Gasteiger partial charge in [-0.2, -0.15) is 0 Å². The summed E-state index contributed by atoms with van der Waals surface area (Å²) in [6.07, 6.45) is 8.51. The van der Waals surface area contributed by atoms with E-state index in [1.165, 1.54) is 7.11 Å². The first-order valence-corrected chi connectivity index (χ1v) is 12.4. The van der Waals surface area contributed by atoms with Crippen LogP contribution in [0.2, 0.25) is 0 Å². The van der Waals surface area contributed by atoms with E-state index >= 15 is 0 Å². The highest BCUT2D eigenvalue weighted by Crippen LogP contribution is 2.63. The predicted molar refractivity (Wildman–Crippen MR) is 119 cm³/mol. The highest BCUT2D eigenvalue weighted by molar-refractivity contribution is 5.69. The van der Waals surface area contributed by atoms with Crippen molar-refractivity contribution >= 4 is 5.97 Å². The fourth-order valence-electron chi connectivity index (χ4n) is 7.69. The van der Waals surface area contributed by atoms with Crippen molar-refractivity contribution in [3.63, 3.8) is 0 Å². The number of methoxy groups -OCH3 is 1. The lowest BCUT2D eigenvalue weighted by Crippen LogP contribution is -2.57. The van der Waals surface area contributed by atoms with Crippen LogP contribution in [-0.4, -0.2) is 41.5 Å². The summed E-state index contributed by atoms with van der Waals surface area (Å²) in [5, 5.41) is 21.7. The number of hydrogen-bond acceptors (Lipinski definition) is 5. The molecule has 5 nitrogen and oxygen atoms in total. The Hall–Kier alpha value is -0.650. The Bertz CT molecular complexity index is 583. The number of carbonyl (C=O) groups is 1. The molecule has 0 heterocycles. The Balaban J connectivity index is 1.82. The molecule has 174 valence electrons. The summed E-state index contributed by atoms with van der Waals surface area (Å²) in [4.78, 5) is 11.7. The van der Waals surface area contributed by atoms with Crippen LogP contribution in [0.25, 0.3) is 0 Å². The summed E-state index contributed by atoms with van der Waals surface area (Å²) >= 11 is 0. The number of nitrogens with two attached hydrogens (primary N) is 1. The number of rotatable bonds is 4. The van der Waals surface area contributed by atoms with E-state index in [9.17, 15) is 15.0 Å². The molecule has 10 atom stereocenters. The zero-order valence-corrected chi connectivity index (χ0v) is 19.6. The van der Waals surface area contributed by atoms with E-state index in [1.807, 2.05) is 0 Å². The second kappa shape index (κ2) is 9.87. The standard InChI is InChI=1S/C25H45NO4/c1-15-8-10-17(27)6-5-7-21(26)24-18(15)14-22(28)25(3)19(11-12-20(24)25)16(2)9-13-23(29)30-4/h15-22,24,27-28H,5-14,26H2,1-4H3/t15-,16+,17-,18+,19+,20-,21+,22-,24+,25+/m0/s1. The predicted octanol–water partition coefficient (Wildman–Crippen LogP) is 3.89. The van der Waals surface area contributed by atoms with Crippen LogP contribution in [0.1, 0.15) is 85.0 Å². The summed E-state index contributed by atoms with van der Waals surface area (Å²) in [5.41, 5.74) is 6.73. The maximum Gasteiger partial charge on any atom is 0.305 e. The van der Waals surface area contributed by atoms with Crippen LogP contribution in [0.5, 0.6) is 0 Å². The Labute approximate surface area is 183 Å². The molecule has 3 aliphatic carbocycles. The zero-order chi connectivity index (χ0) is 22.1. The number of aliphatic hydroxyl groups is 2. The van der Waals surface area contributed by atoms with Crippen LogP contribution in [0, 0.1) is 40.9 Å².